The highest BCUT2D eigenvalue weighted by Gasteiger charge is 2.18. The lowest BCUT2D eigenvalue weighted by molar-refractivity contribution is -0.132. The lowest BCUT2D eigenvalue weighted by Gasteiger charge is -2.24. The first-order valence-corrected chi connectivity index (χ1v) is 8.23. The van der Waals surface area contributed by atoms with Gasteiger partial charge in [-0.1, -0.05) is 12.1 Å². The standard InChI is InChI=1S/C18H27F2N3O3/c1-18(2,3)21-15(24)11-22(4)12-16(25)23(5)10-13-6-8-14(9-7-13)26-17(19)20/h6-9,17H,10-12H2,1-5H3,(H,21,24). The zero-order chi connectivity index (χ0) is 19.9. The number of halogens is 2. The number of nitrogens with one attached hydrogen (secondary N) is 1. The van der Waals surface area contributed by atoms with E-state index < -0.39 is 6.61 Å². The van der Waals surface area contributed by atoms with E-state index in [1.807, 2.05) is 20.8 Å². The summed E-state index contributed by atoms with van der Waals surface area (Å²) in [7, 11) is 3.35. The van der Waals surface area contributed by atoms with Crippen molar-refractivity contribution in [1.82, 2.24) is 15.1 Å². The van der Waals surface area contributed by atoms with Crippen LogP contribution < -0.4 is 10.1 Å². The van der Waals surface area contributed by atoms with Gasteiger partial charge in [-0.2, -0.15) is 8.78 Å². The van der Waals surface area contributed by atoms with E-state index in [2.05, 4.69) is 10.1 Å². The molecule has 0 saturated heterocycles. The summed E-state index contributed by atoms with van der Waals surface area (Å²) in [4.78, 5) is 27.3. The Balaban J connectivity index is 2.48. The van der Waals surface area contributed by atoms with Crippen LogP contribution in [0.15, 0.2) is 24.3 Å². The summed E-state index contributed by atoms with van der Waals surface area (Å²) in [6.07, 6.45) is 0. The van der Waals surface area contributed by atoms with Crippen molar-refractivity contribution in [1.29, 1.82) is 0 Å². The van der Waals surface area contributed by atoms with Crippen LogP contribution in [0.25, 0.3) is 0 Å². The number of hydrogen-bond acceptors (Lipinski definition) is 4. The molecule has 1 aromatic carbocycles. The number of amides is 2. The molecule has 0 aliphatic carbocycles. The van der Waals surface area contributed by atoms with Crippen molar-refractivity contribution in [3.8, 4) is 5.75 Å². The second-order valence-corrected chi connectivity index (χ2v) is 7.24. The maximum atomic E-state index is 12.3. The van der Waals surface area contributed by atoms with Gasteiger partial charge in [0, 0.05) is 19.1 Å². The molecule has 26 heavy (non-hydrogen) atoms. The number of carbonyl (C=O) groups is 2. The Labute approximate surface area is 153 Å². The normalized spacial score (nSPS) is 11.6. The third-order valence-corrected chi connectivity index (χ3v) is 3.33. The Hall–Kier alpha value is -2.22. The first kappa shape index (κ1) is 21.8. The Morgan fingerprint density at radius 2 is 1.69 bits per heavy atom. The summed E-state index contributed by atoms with van der Waals surface area (Å²) in [5.41, 5.74) is 0.467. The lowest BCUT2D eigenvalue weighted by atomic mass is 10.1. The van der Waals surface area contributed by atoms with Crippen LogP contribution in [-0.4, -0.2) is 60.9 Å². The molecular weight excluding hydrogens is 344 g/mol. The predicted molar refractivity (Wildman–Crippen MR) is 94.9 cm³/mol. The van der Waals surface area contributed by atoms with Crippen molar-refractivity contribution < 1.29 is 23.1 Å². The summed E-state index contributed by atoms with van der Waals surface area (Å²) in [5.74, 6) is -0.226. The van der Waals surface area contributed by atoms with Gasteiger partial charge >= 0.3 is 6.61 Å². The number of nitrogens with zero attached hydrogens (tertiary/aromatic N) is 2. The average molecular weight is 371 g/mol. The van der Waals surface area contributed by atoms with Crippen LogP contribution in [0.1, 0.15) is 26.3 Å². The number of likely N-dealkylation sites (N-methyl/N-ethyl adjacent to an activating group) is 2. The lowest BCUT2D eigenvalue weighted by Crippen LogP contribution is -2.46. The van der Waals surface area contributed by atoms with Gasteiger partial charge in [0.2, 0.25) is 11.8 Å². The van der Waals surface area contributed by atoms with Crippen LogP contribution in [0.4, 0.5) is 8.78 Å². The molecule has 0 bridgehead atoms. The molecule has 6 nitrogen and oxygen atoms in total. The van der Waals surface area contributed by atoms with E-state index in [0.717, 1.165) is 5.56 Å². The molecule has 1 rings (SSSR count). The highest BCUT2D eigenvalue weighted by atomic mass is 19.3. The number of alkyl halides is 2. The maximum Gasteiger partial charge on any atom is 0.387 e. The molecule has 146 valence electrons. The molecular formula is C18H27F2N3O3. The predicted octanol–water partition coefficient (Wildman–Crippen LogP) is 2.09. The van der Waals surface area contributed by atoms with Gasteiger partial charge in [-0.25, -0.2) is 0 Å². The van der Waals surface area contributed by atoms with Gasteiger partial charge in [0.15, 0.2) is 0 Å². The molecule has 0 heterocycles. The molecule has 0 aromatic heterocycles. The molecule has 1 N–H and O–H groups in total. The molecule has 0 aliphatic rings. The van der Waals surface area contributed by atoms with E-state index in [4.69, 9.17) is 0 Å². The monoisotopic (exact) mass is 371 g/mol. The highest BCUT2D eigenvalue weighted by Crippen LogP contribution is 2.15. The van der Waals surface area contributed by atoms with Gasteiger partial charge in [0.25, 0.3) is 0 Å². The second-order valence-electron chi connectivity index (χ2n) is 7.24. The van der Waals surface area contributed by atoms with Gasteiger partial charge in [-0.15, -0.1) is 0 Å². The molecule has 2 amide bonds. The molecule has 0 unspecified atom stereocenters. The van der Waals surface area contributed by atoms with E-state index in [1.165, 1.54) is 17.0 Å². The number of ether oxygens (including phenoxy) is 1. The molecule has 1 aromatic rings. The average Bonchev–Trinajstić information content (AvgIpc) is 2.46. The summed E-state index contributed by atoms with van der Waals surface area (Å²) in [6.45, 7) is 3.35. The molecule has 0 atom stereocenters. The highest BCUT2D eigenvalue weighted by molar-refractivity contribution is 5.81. The summed E-state index contributed by atoms with van der Waals surface area (Å²) in [6, 6.07) is 6.12. The number of rotatable bonds is 8. The summed E-state index contributed by atoms with van der Waals surface area (Å²) >= 11 is 0. The van der Waals surface area contributed by atoms with E-state index in [-0.39, 0.29) is 36.2 Å². The first-order valence-electron chi connectivity index (χ1n) is 8.23. The van der Waals surface area contributed by atoms with E-state index >= 15 is 0 Å². The third-order valence-electron chi connectivity index (χ3n) is 3.33. The van der Waals surface area contributed by atoms with Crippen molar-refractivity contribution >= 4 is 11.8 Å². The molecule has 0 saturated carbocycles. The number of hydrogen-bond donors (Lipinski definition) is 1. The smallest absolute Gasteiger partial charge is 0.387 e. The summed E-state index contributed by atoms with van der Waals surface area (Å²) in [5, 5.41) is 2.84. The van der Waals surface area contributed by atoms with Crippen molar-refractivity contribution in [2.75, 3.05) is 27.2 Å². The fourth-order valence-corrected chi connectivity index (χ4v) is 2.25. The zero-order valence-electron chi connectivity index (χ0n) is 15.9. The van der Waals surface area contributed by atoms with Crippen molar-refractivity contribution in [3.63, 3.8) is 0 Å². The van der Waals surface area contributed by atoms with E-state index in [0.29, 0.717) is 6.54 Å². The topological polar surface area (TPSA) is 61.9 Å². The van der Waals surface area contributed by atoms with Crippen LogP contribution in [0.5, 0.6) is 5.75 Å². The fraction of sp³-hybridized carbons (Fsp3) is 0.556. The Morgan fingerprint density at radius 1 is 1.12 bits per heavy atom. The quantitative estimate of drug-likeness (QED) is 0.760. The fourth-order valence-electron chi connectivity index (χ4n) is 2.25. The minimum absolute atomic E-state index is 0.0716. The third kappa shape index (κ3) is 8.75. The number of benzene rings is 1. The number of carbonyl (C=O) groups excluding carboxylic acids is 2. The Kier molecular flexibility index (Phi) is 7.95. The first-order chi connectivity index (χ1) is 12.0. The van der Waals surface area contributed by atoms with Gasteiger partial charge in [-0.3, -0.25) is 14.5 Å². The SMILES string of the molecule is CN(CC(=O)NC(C)(C)C)CC(=O)N(C)Cc1ccc(OC(F)F)cc1. The molecule has 8 heteroatoms. The van der Waals surface area contributed by atoms with Crippen molar-refractivity contribution in [2.45, 2.75) is 39.5 Å². The van der Waals surface area contributed by atoms with Gasteiger partial charge in [0.05, 0.1) is 13.1 Å². The second kappa shape index (κ2) is 9.47. The zero-order valence-corrected chi connectivity index (χ0v) is 15.9. The van der Waals surface area contributed by atoms with Crippen LogP contribution in [0.3, 0.4) is 0 Å². The van der Waals surface area contributed by atoms with Gasteiger partial charge < -0.3 is 15.0 Å². The van der Waals surface area contributed by atoms with Crippen LogP contribution in [0, 0.1) is 0 Å². The van der Waals surface area contributed by atoms with E-state index in [1.54, 1.807) is 31.1 Å². The van der Waals surface area contributed by atoms with Crippen molar-refractivity contribution in [2.24, 2.45) is 0 Å². The van der Waals surface area contributed by atoms with Crippen molar-refractivity contribution in [3.05, 3.63) is 29.8 Å². The molecule has 0 fully saturated rings. The molecule has 0 radical (unpaired) electrons. The minimum Gasteiger partial charge on any atom is -0.435 e. The van der Waals surface area contributed by atoms with Gasteiger partial charge in [0.1, 0.15) is 5.75 Å². The minimum atomic E-state index is -2.86. The maximum absolute atomic E-state index is 12.3. The molecule has 0 aliphatic heterocycles. The Morgan fingerprint density at radius 3 is 2.19 bits per heavy atom. The Bertz CT molecular complexity index is 601. The molecule has 0 spiro atoms. The van der Waals surface area contributed by atoms with Gasteiger partial charge in [-0.05, 0) is 45.5 Å². The van der Waals surface area contributed by atoms with Crippen LogP contribution >= 0.6 is 0 Å². The largest absolute Gasteiger partial charge is 0.435 e. The van der Waals surface area contributed by atoms with E-state index in [9.17, 15) is 18.4 Å². The van der Waals surface area contributed by atoms with Crippen LogP contribution in [0.2, 0.25) is 0 Å². The summed E-state index contributed by atoms with van der Waals surface area (Å²) < 4.78 is 28.6. The van der Waals surface area contributed by atoms with Crippen LogP contribution in [-0.2, 0) is 16.1 Å².